The summed E-state index contributed by atoms with van der Waals surface area (Å²) >= 11 is 1.70. The topological polar surface area (TPSA) is 29.6 Å². The van der Waals surface area contributed by atoms with Gasteiger partial charge in [-0.1, -0.05) is 42.4 Å². The average molecular weight is 325 g/mol. The fourth-order valence-electron chi connectivity index (χ4n) is 3.87. The predicted octanol–water partition coefficient (Wildman–Crippen LogP) is 4.80. The van der Waals surface area contributed by atoms with Crippen molar-refractivity contribution >= 4 is 27.3 Å². The van der Waals surface area contributed by atoms with Crippen LogP contribution in [0.25, 0.3) is 10.2 Å². The second kappa shape index (κ2) is 5.75. The van der Waals surface area contributed by atoms with Gasteiger partial charge >= 0.3 is 0 Å². The van der Waals surface area contributed by atoms with Crippen LogP contribution >= 0.6 is 11.3 Å². The number of hydrogen-bond acceptors (Lipinski definition) is 3. The van der Waals surface area contributed by atoms with Gasteiger partial charge in [-0.25, -0.2) is 0 Å². The molecule has 1 fully saturated rings. The number of allylic oxidation sites excluding steroid dienone is 2. The second-order valence-electron chi connectivity index (χ2n) is 7.04. The van der Waals surface area contributed by atoms with E-state index >= 15 is 0 Å². The molecule has 1 heterocycles. The van der Waals surface area contributed by atoms with Crippen LogP contribution in [-0.2, 0) is 7.05 Å². The van der Waals surface area contributed by atoms with E-state index in [0.29, 0.717) is 5.41 Å². The molecule has 2 aliphatic rings. The molecular formula is C19H23N3S. The highest BCUT2D eigenvalue weighted by Gasteiger charge is 2.34. The number of benzene rings is 1. The fourth-order valence-corrected chi connectivity index (χ4v) is 4.84. The molecular weight excluding hydrogens is 302 g/mol. The maximum absolute atomic E-state index is 4.59. The van der Waals surface area contributed by atoms with Crippen LogP contribution in [0.2, 0.25) is 0 Å². The predicted molar refractivity (Wildman–Crippen MR) is 97.7 cm³/mol. The van der Waals surface area contributed by atoms with Gasteiger partial charge in [-0.3, -0.25) is 0 Å². The molecule has 4 rings (SSSR count). The van der Waals surface area contributed by atoms with E-state index in [1.54, 1.807) is 16.9 Å². The van der Waals surface area contributed by atoms with Crippen molar-refractivity contribution in [3.8, 4) is 0 Å². The van der Waals surface area contributed by atoms with E-state index in [0.717, 1.165) is 16.9 Å². The first-order valence-electron chi connectivity index (χ1n) is 8.52. The van der Waals surface area contributed by atoms with E-state index in [1.165, 1.54) is 42.3 Å². The Hall–Kier alpha value is -1.68. The second-order valence-corrected chi connectivity index (χ2v) is 8.05. The molecule has 0 amide bonds. The zero-order valence-corrected chi connectivity index (χ0v) is 14.7. The van der Waals surface area contributed by atoms with Crippen molar-refractivity contribution in [2.45, 2.75) is 45.4 Å². The Morgan fingerprint density at radius 1 is 1.09 bits per heavy atom. The summed E-state index contributed by atoms with van der Waals surface area (Å²) in [6.45, 7) is 2.43. The van der Waals surface area contributed by atoms with E-state index in [9.17, 15) is 0 Å². The number of rotatable bonds is 1. The molecule has 1 saturated carbocycles. The molecule has 1 unspecified atom stereocenters. The molecule has 0 radical (unpaired) electrons. The molecule has 3 nitrogen and oxygen atoms in total. The Morgan fingerprint density at radius 2 is 1.96 bits per heavy atom. The van der Waals surface area contributed by atoms with Crippen LogP contribution in [0, 0.1) is 5.41 Å². The molecule has 0 spiro atoms. The van der Waals surface area contributed by atoms with E-state index in [-0.39, 0.29) is 0 Å². The molecule has 0 N–H and O–H groups in total. The quantitative estimate of drug-likeness (QED) is 0.674. The summed E-state index contributed by atoms with van der Waals surface area (Å²) in [4.78, 5) is 0.967. The number of aromatic nitrogens is 1. The van der Waals surface area contributed by atoms with Crippen LogP contribution in [0.1, 0.15) is 45.4 Å². The third-order valence-electron chi connectivity index (χ3n) is 5.45. The third kappa shape index (κ3) is 2.69. The first-order chi connectivity index (χ1) is 11.2. The number of hydrogen-bond donors (Lipinski definition) is 0. The van der Waals surface area contributed by atoms with Gasteiger partial charge < -0.3 is 4.57 Å². The van der Waals surface area contributed by atoms with Gasteiger partial charge in [0.05, 0.1) is 15.9 Å². The molecule has 1 aromatic heterocycles. The number of nitrogens with zero attached hydrogens (tertiary/aromatic N) is 3. The summed E-state index contributed by atoms with van der Waals surface area (Å²) in [5.74, 6) is 0. The molecule has 2 aliphatic carbocycles. The summed E-state index contributed by atoms with van der Waals surface area (Å²) in [6.07, 6.45) is 9.91. The number of thiazole rings is 1. The summed E-state index contributed by atoms with van der Waals surface area (Å²) < 4.78 is 3.39. The number of fused-ring (bicyclic) bond motifs is 2. The van der Waals surface area contributed by atoms with Crippen LogP contribution < -0.4 is 4.80 Å². The Kier molecular flexibility index (Phi) is 3.72. The van der Waals surface area contributed by atoms with Crippen molar-refractivity contribution in [3.05, 3.63) is 40.7 Å². The highest BCUT2D eigenvalue weighted by atomic mass is 32.1. The van der Waals surface area contributed by atoms with Crippen molar-refractivity contribution in [2.24, 2.45) is 22.7 Å². The first-order valence-corrected chi connectivity index (χ1v) is 9.34. The van der Waals surface area contributed by atoms with Gasteiger partial charge in [-0.05, 0) is 55.7 Å². The summed E-state index contributed by atoms with van der Waals surface area (Å²) in [7, 11) is 2.06. The molecule has 1 aromatic carbocycles. The minimum absolute atomic E-state index is 0.430. The van der Waals surface area contributed by atoms with Gasteiger partial charge in [0.25, 0.3) is 0 Å². The zero-order valence-electron chi connectivity index (χ0n) is 13.9. The van der Waals surface area contributed by atoms with Crippen molar-refractivity contribution in [3.63, 3.8) is 0 Å². The van der Waals surface area contributed by atoms with Gasteiger partial charge in [0, 0.05) is 7.05 Å². The minimum Gasteiger partial charge on any atom is -0.318 e. The molecule has 2 aromatic rings. The van der Waals surface area contributed by atoms with Crippen molar-refractivity contribution in [2.75, 3.05) is 0 Å². The van der Waals surface area contributed by atoms with E-state index < -0.39 is 0 Å². The molecule has 23 heavy (non-hydrogen) atoms. The SMILES string of the molecule is Cn1/c(=N\N=C2\C=C3CCCCC3(C)CC2)sc2ccccc21. The van der Waals surface area contributed by atoms with Gasteiger partial charge in [-0.2, -0.15) is 5.10 Å². The molecule has 1 atom stereocenters. The zero-order chi connectivity index (χ0) is 15.9. The van der Waals surface area contributed by atoms with Crippen molar-refractivity contribution in [1.29, 1.82) is 0 Å². The highest BCUT2D eigenvalue weighted by molar-refractivity contribution is 7.16. The Balaban J connectivity index is 1.70. The van der Waals surface area contributed by atoms with Gasteiger partial charge in [0.2, 0.25) is 4.80 Å². The van der Waals surface area contributed by atoms with Crippen molar-refractivity contribution < 1.29 is 0 Å². The number of aryl methyl sites for hydroxylation is 1. The van der Waals surface area contributed by atoms with Crippen LogP contribution in [-0.4, -0.2) is 10.3 Å². The van der Waals surface area contributed by atoms with E-state index in [4.69, 9.17) is 0 Å². The largest absolute Gasteiger partial charge is 0.318 e. The Labute approximate surface area is 141 Å². The van der Waals surface area contributed by atoms with Crippen LogP contribution in [0.3, 0.4) is 0 Å². The Morgan fingerprint density at radius 3 is 2.83 bits per heavy atom. The summed E-state index contributed by atoms with van der Waals surface area (Å²) in [6, 6.07) is 8.42. The van der Waals surface area contributed by atoms with Gasteiger partial charge in [-0.15, -0.1) is 5.10 Å². The molecule has 0 aliphatic heterocycles. The average Bonchev–Trinajstić information content (AvgIpc) is 2.89. The Bertz CT molecular complexity index is 868. The summed E-state index contributed by atoms with van der Waals surface area (Å²) in [5.41, 5.74) is 4.40. The van der Waals surface area contributed by atoms with Crippen molar-refractivity contribution in [1.82, 2.24) is 4.57 Å². The minimum atomic E-state index is 0.430. The molecule has 0 bridgehead atoms. The molecule has 120 valence electrons. The lowest BCUT2D eigenvalue weighted by molar-refractivity contribution is 0.281. The fraction of sp³-hybridized carbons (Fsp3) is 0.474. The van der Waals surface area contributed by atoms with E-state index in [2.05, 4.69) is 59.1 Å². The lowest BCUT2D eigenvalue weighted by Gasteiger charge is -2.39. The van der Waals surface area contributed by atoms with Gasteiger partial charge in [0.1, 0.15) is 0 Å². The van der Waals surface area contributed by atoms with Crippen LogP contribution in [0.4, 0.5) is 0 Å². The monoisotopic (exact) mass is 325 g/mol. The first kappa shape index (κ1) is 14.9. The maximum atomic E-state index is 4.59. The maximum Gasteiger partial charge on any atom is 0.211 e. The molecule has 4 heteroatoms. The van der Waals surface area contributed by atoms with Gasteiger partial charge in [0.15, 0.2) is 0 Å². The lowest BCUT2D eigenvalue weighted by atomic mass is 9.66. The lowest BCUT2D eigenvalue weighted by Crippen LogP contribution is -2.28. The molecule has 0 saturated heterocycles. The van der Waals surface area contributed by atoms with Crippen LogP contribution in [0.15, 0.2) is 46.1 Å². The summed E-state index contributed by atoms with van der Waals surface area (Å²) in [5, 5.41) is 9.14. The smallest absolute Gasteiger partial charge is 0.211 e. The highest BCUT2D eigenvalue weighted by Crippen LogP contribution is 2.46. The van der Waals surface area contributed by atoms with E-state index in [1.807, 2.05) is 0 Å². The normalized spacial score (nSPS) is 27.3. The standard InChI is InChI=1S/C19H23N3S/c1-19-11-6-5-7-14(19)13-15(10-12-19)20-21-18-22(2)16-8-3-4-9-17(16)23-18/h3-4,8-9,13H,5-7,10-12H2,1-2H3/b20-15+,21-18+. The van der Waals surface area contributed by atoms with Crippen LogP contribution in [0.5, 0.6) is 0 Å². The number of para-hydroxylation sites is 1. The third-order valence-corrected chi connectivity index (χ3v) is 6.56.